The van der Waals surface area contributed by atoms with Crippen molar-refractivity contribution in [1.82, 2.24) is 9.62 Å². The fraction of sp³-hybridized carbons (Fsp3) is 0.500. The predicted molar refractivity (Wildman–Crippen MR) is 67.2 cm³/mol. The maximum absolute atomic E-state index is 13.1. The molecule has 1 saturated heterocycles. The number of halogens is 1. The van der Waals surface area contributed by atoms with Crippen molar-refractivity contribution in [3.05, 3.63) is 30.1 Å². The summed E-state index contributed by atoms with van der Waals surface area (Å²) in [5.41, 5.74) is 0. The highest BCUT2D eigenvalue weighted by Crippen LogP contribution is 2.21. The fourth-order valence-corrected chi connectivity index (χ4v) is 3.66. The maximum atomic E-state index is 13.1. The van der Waals surface area contributed by atoms with E-state index in [2.05, 4.69) is 5.32 Å². The van der Waals surface area contributed by atoms with Gasteiger partial charge in [0.15, 0.2) is 0 Å². The molecular weight excluding hydrogens is 255 g/mol. The first-order chi connectivity index (χ1) is 8.54. The molecule has 0 radical (unpaired) electrons. The van der Waals surface area contributed by atoms with Crippen molar-refractivity contribution >= 4 is 10.0 Å². The van der Waals surface area contributed by atoms with Gasteiger partial charge in [0.2, 0.25) is 10.0 Å². The van der Waals surface area contributed by atoms with Gasteiger partial charge in [-0.15, -0.1) is 0 Å². The zero-order valence-electron chi connectivity index (χ0n) is 10.3. The van der Waals surface area contributed by atoms with Crippen LogP contribution in [0.15, 0.2) is 29.2 Å². The van der Waals surface area contributed by atoms with Crippen LogP contribution in [0.5, 0.6) is 0 Å². The topological polar surface area (TPSA) is 49.4 Å². The third kappa shape index (κ3) is 2.71. The van der Waals surface area contributed by atoms with Gasteiger partial charge in [0, 0.05) is 19.1 Å². The van der Waals surface area contributed by atoms with Crippen LogP contribution in [-0.4, -0.2) is 38.9 Å². The lowest BCUT2D eigenvalue weighted by molar-refractivity contribution is 0.298. The van der Waals surface area contributed by atoms with Crippen LogP contribution < -0.4 is 5.32 Å². The summed E-state index contributed by atoms with van der Waals surface area (Å²) in [7, 11) is -1.67. The number of hydrogen-bond acceptors (Lipinski definition) is 3. The van der Waals surface area contributed by atoms with Gasteiger partial charge >= 0.3 is 0 Å². The smallest absolute Gasteiger partial charge is 0.243 e. The molecule has 0 saturated carbocycles. The van der Waals surface area contributed by atoms with E-state index in [9.17, 15) is 12.8 Å². The molecule has 0 aliphatic carbocycles. The van der Waals surface area contributed by atoms with Crippen LogP contribution in [0.4, 0.5) is 4.39 Å². The highest BCUT2D eigenvalue weighted by molar-refractivity contribution is 7.89. The Bertz CT molecular complexity index is 511. The van der Waals surface area contributed by atoms with Crippen LogP contribution >= 0.6 is 0 Å². The highest BCUT2D eigenvalue weighted by Gasteiger charge is 2.28. The average Bonchev–Trinajstić information content (AvgIpc) is 2.39. The van der Waals surface area contributed by atoms with Crippen molar-refractivity contribution in [1.29, 1.82) is 0 Å². The zero-order chi connectivity index (χ0) is 13.2. The third-order valence-corrected chi connectivity index (χ3v) is 5.19. The summed E-state index contributed by atoms with van der Waals surface area (Å²) >= 11 is 0. The Morgan fingerprint density at radius 1 is 1.33 bits per heavy atom. The number of hydrogen-bond donors (Lipinski definition) is 1. The molecule has 1 fully saturated rings. The van der Waals surface area contributed by atoms with E-state index in [1.165, 1.54) is 22.5 Å². The van der Waals surface area contributed by atoms with Crippen LogP contribution in [0.3, 0.4) is 0 Å². The molecule has 0 atom stereocenters. The largest absolute Gasteiger partial charge is 0.317 e. The Labute approximate surface area is 107 Å². The van der Waals surface area contributed by atoms with Crippen LogP contribution in [-0.2, 0) is 10.0 Å². The van der Waals surface area contributed by atoms with Gasteiger partial charge in [0.25, 0.3) is 0 Å². The number of benzene rings is 1. The van der Waals surface area contributed by atoms with Crippen LogP contribution in [0.25, 0.3) is 0 Å². The van der Waals surface area contributed by atoms with E-state index in [-0.39, 0.29) is 4.90 Å². The molecule has 6 heteroatoms. The Balaban J connectivity index is 2.17. The summed E-state index contributed by atoms with van der Waals surface area (Å²) in [6.07, 6.45) is 1.57. The zero-order valence-corrected chi connectivity index (χ0v) is 11.1. The van der Waals surface area contributed by atoms with Gasteiger partial charge in [-0.25, -0.2) is 12.8 Å². The van der Waals surface area contributed by atoms with Gasteiger partial charge in [-0.05, 0) is 38.1 Å². The Hall–Kier alpha value is -0.980. The van der Waals surface area contributed by atoms with Crippen LogP contribution in [0, 0.1) is 5.82 Å². The summed E-state index contributed by atoms with van der Waals surface area (Å²) in [5.74, 6) is -0.527. The molecule has 1 heterocycles. The molecule has 2 rings (SSSR count). The number of sulfonamides is 1. The standard InChI is InChI=1S/C12H17FN2O2S/c1-14-11-5-7-15(8-6-11)18(16,17)12-4-2-3-10(13)9-12/h2-4,9,11,14H,5-8H2,1H3. The number of piperidine rings is 1. The first-order valence-electron chi connectivity index (χ1n) is 5.97. The molecule has 0 amide bonds. The number of nitrogens with zero attached hydrogens (tertiary/aromatic N) is 1. The van der Waals surface area contributed by atoms with E-state index in [4.69, 9.17) is 0 Å². The van der Waals surface area contributed by atoms with Crippen LogP contribution in [0.2, 0.25) is 0 Å². The summed E-state index contributed by atoms with van der Waals surface area (Å²) in [4.78, 5) is 0.0328. The fourth-order valence-electron chi connectivity index (χ4n) is 2.16. The van der Waals surface area contributed by atoms with Gasteiger partial charge in [-0.1, -0.05) is 6.07 Å². The van der Waals surface area contributed by atoms with E-state index in [0.717, 1.165) is 18.9 Å². The second-order valence-electron chi connectivity index (χ2n) is 4.42. The Morgan fingerprint density at radius 3 is 2.56 bits per heavy atom. The molecule has 1 aliphatic rings. The van der Waals surface area contributed by atoms with E-state index in [1.54, 1.807) is 0 Å². The molecule has 0 aromatic heterocycles. The van der Waals surface area contributed by atoms with Crippen molar-refractivity contribution in [3.8, 4) is 0 Å². The highest BCUT2D eigenvalue weighted by atomic mass is 32.2. The lowest BCUT2D eigenvalue weighted by atomic mass is 10.1. The molecule has 4 nitrogen and oxygen atoms in total. The number of nitrogens with one attached hydrogen (secondary N) is 1. The molecule has 1 aromatic carbocycles. The van der Waals surface area contributed by atoms with Gasteiger partial charge < -0.3 is 5.32 Å². The van der Waals surface area contributed by atoms with Crippen molar-refractivity contribution in [2.45, 2.75) is 23.8 Å². The quantitative estimate of drug-likeness (QED) is 0.899. The lowest BCUT2D eigenvalue weighted by Crippen LogP contribution is -2.43. The molecule has 1 N–H and O–H groups in total. The second kappa shape index (κ2) is 5.34. The Morgan fingerprint density at radius 2 is 2.00 bits per heavy atom. The first kappa shape index (κ1) is 13.5. The molecule has 18 heavy (non-hydrogen) atoms. The SMILES string of the molecule is CNC1CCN(S(=O)(=O)c2cccc(F)c2)CC1. The predicted octanol–water partition coefficient (Wildman–Crippen LogP) is 1.20. The van der Waals surface area contributed by atoms with E-state index in [0.29, 0.717) is 19.1 Å². The normalized spacial score (nSPS) is 19.0. The van der Waals surface area contributed by atoms with Gasteiger partial charge in [-0.2, -0.15) is 4.31 Å². The first-order valence-corrected chi connectivity index (χ1v) is 7.41. The molecule has 1 aliphatic heterocycles. The summed E-state index contributed by atoms with van der Waals surface area (Å²) < 4.78 is 39.1. The van der Waals surface area contributed by atoms with Gasteiger partial charge in [0.1, 0.15) is 5.82 Å². The minimum Gasteiger partial charge on any atom is -0.317 e. The van der Waals surface area contributed by atoms with Crippen LogP contribution in [0.1, 0.15) is 12.8 Å². The molecular formula is C12H17FN2O2S. The minimum absolute atomic E-state index is 0.0328. The molecule has 100 valence electrons. The van der Waals surface area contributed by atoms with Gasteiger partial charge in [0.05, 0.1) is 4.90 Å². The molecule has 0 bridgehead atoms. The minimum atomic E-state index is -3.55. The monoisotopic (exact) mass is 272 g/mol. The van der Waals surface area contributed by atoms with E-state index >= 15 is 0 Å². The van der Waals surface area contributed by atoms with Crippen molar-refractivity contribution in [3.63, 3.8) is 0 Å². The van der Waals surface area contributed by atoms with Crippen molar-refractivity contribution in [2.75, 3.05) is 20.1 Å². The number of rotatable bonds is 3. The van der Waals surface area contributed by atoms with E-state index < -0.39 is 15.8 Å². The van der Waals surface area contributed by atoms with Crippen molar-refractivity contribution in [2.24, 2.45) is 0 Å². The lowest BCUT2D eigenvalue weighted by Gasteiger charge is -2.30. The molecule has 0 unspecified atom stereocenters. The Kier molecular flexibility index (Phi) is 3.99. The second-order valence-corrected chi connectivity index (χ2v) is 6.36. The molecule has 1 aromatic rings. The third-order valence-electron chi connectivity index (χ3n) is 3.30. The summed E-state index contributed by atoms with van der Waals surface area (Å²) in [6, 6.07) is 5.53. The van der Waals surface area contributed by atoms with Crippen molar-refractivity contribution < 1.29 is 12.8 Å². The van der Waals surface area contributed by atoms with E-state index in [1.807, 2.05) is 7.05 Å². The molecule has 0 spiro atoms. The summed E-state index contributed by atoms with van der Waals surface area (Å²) in [6.45, 7) is 0.953. The summed E-state index contributed by atoms with van der Waals surface area (Å²) in [5, 5.41) is 3.14. The van der Waals surface area contributed by atoms with Gasteiger partial charge in [-0.3, -0.25) is 0 Å². The maximum Gasteiger partial charge on any atom is 0.243 e. The average molecular weight is 272 g/mol.